The first-order valence-corrected chi connectivity index (χ1v) is 7.76. The van der Waals surface area contributed by atoms with Crippen molar-refractivity contribution in [2.24, 2.45) is 10.9 Å². The summed E-state index contributed by atoms with van der Waals surface area (Å²) in [7, 11) is 1.97. The standard InChI is InChI=1S/C16H19N3OS/c1-11-6-4-7-12(10-11)19(2)13-8-5-9-14(21-3)15(13)16(17)18-20/h4-10,20H,1-3H3,(H2,17,18). The van der Waals surface area contributed by atoms with Crippen molar-refractivity contribution >= 4 is 29.0 Å². The van der Waals surface area contributed by atoms with E-state index in [0.717, 1.165) is 21.8 Å². The molecule has 0 spiro atoms. The smallest absolute Gasteiger partial charge is 0.173 e. The summed E-state index contributed by atoms with van der Waals surface area (Å²) >= 11 is 1.57. The summed E-state index contributed by atoms with van der Waals surface area (Å²) < 4.78 is 0. The predicted molar refractivity (Wildman–Crippen MR) is 90.0 cm³/mol. The van der Waals surface area contributed by atoms with Gasteiger partial charge in [-0.2, -0.15) is 0 Å². The Morgan fingerprint density at radius 2 is 1.95 bits per heavy atom. The van der Waals surface area contributed by atoms with Crippen molar-refractivity contribution in [2.45, 2.75) is 11.8 Å². The lowest BCUT2D eigenvalue weighted by molar-refractivity contribution is 0.318. The van der Waals surface area contributed by atoms with Gasteiger partial charge in [-0.25, -0.2) is 0 Å². The van der Waals surface area contributed by atoms with Gasteiger partial charge in [-0.15, -0.1) is 11.8 Å². The Bertz CT molecular complexity index is 670. The fraction of sp³-hybridized carbons (Fsp3) is 0.188. The number of amidine groups is 1. The Hall–Kier alpha value is -2.14. The second kappa shape index (κ2) is 6.54. The molecule has 110 valence electrons. The van der Waals surface area contributed by atoms with Crippen LogP contribution in [0.1, 0.15) is 11.1 Å². The van der Waals surface area contributed by atoms with Crippen LogP contribution in [0.4, 0.5) is 11.4 Å². The summed E-state index contributed by atoms with van der Waals surface area (Å²) in [6.45, 7) is 2.06. The van der Waals surface area contributed by atoms with E-state index < -0.39 is 0 Å². The van der Waals surface area contributed by atoms with Gasteiger partial charge in [0, 0.05) is 17.6 Å². The lowest BCUT2D eigenvalue weighted by atomic mass is 10.1. The Morgan fingerprint density at radius 1 is 1.24 bits per heavy atom. The minimum atomic E-state index is 0.120. The van der Waals surface area contributed by atoms with Crippen LogP contribution in [0.5, 0.6) is 0 Å². The van der Waals surface area contributed by atoms with Crippen LogP contribution in [0.2, 0.25) is 0 Å². The van der Waals surface area contributed by atoms with Crippen molar-refractivity contribution < 1.29 is 5.21 Å². The first-order chi connectivity index (χ1) is 10.1. The largest absolute Gasteiger partial charge is 0.409 e. The zero-order chi connectivity index (χ0) is 15.4. The number of rotatable bonds is 4. The fourth-order valence-electron chi connectivity index (χ4n) is 2.25. The summed E-state index contributed by atoms with van der Waals surface area (Å²) in [5.41, 5.74) is 9.77. The fourth-order valence-corrected chi connectivity index (χ4v) is 2.88. The summed E-state index contributed by atoms with van der Waals surface area (Å²) in [5, 5.41) is 12.2. The molecular formula is C16H19N3OS. The second-order valence-corrected chi connectivity index (χ2v) is 5.59. The molecule has 0 saturated heterocycles. The summed E-state index contributed by atoms with van der Waals surface area (Å²) in [4.78, 5) is 3.02. The Labute approximate surface area is 129 Å². The van der Waals surface area contributed by atoms with Crippen LogP contribution < -0.4 is 10.6 Å². The molecule has 3 N–H and O–H groups in total. The Morgan fingerprint density at radius 3 is 2.57 bits per heavy atom. The molecule has 0 atom stereocenters. The highest BCUT2D eigenvalue weighted by molar-refractivity contribution is 7.98. The quantitative estimate of drug-likeness (QED) is 0.298. The van der Waals surface area contributed by atoms with Crippen molar-refractivity contribution in [1.82, 2.24) is 0 Å². The molecule has 21 heavy (non-hydrogen) atoms. The van der Waals surface area contributed by atoms with Gasteiger partial charge < -0.3 is 15.8 Å². The monoisotopic (exact) mass is 301 g/mol. The number of nitrogens with zero attached hydrogens (tertiary/aromatic N) is 2. The van der Waals surface area contributed by atoms with Gasteiger partial charge in [-0.1, -0.05) is 23.4 Å². The highest BCUT2D eigenvalue weighted by atomic mass is 32.2. The van der Waals surface area contributed by atoms with Gasteiger partial charge in [0.05, 0.1) is 11.3 Å². The number of nitrogens with two attached hydrogens (primary N) is 1. The SMILES string of the molecule is CSc1cccc(N(C)c2cccc(C)c2)c1/C(N)=N/O. The molecule has 2 aromatic rings. The molecule has 5 heteroatoms. The molecule has 0 aromatic heterocycles. The third kappa shape index (κ3) is 3.13. The first-order valence-electron chi connectivity index (χ1n) is 6.53. The van der Waals surface area contributed by atoms with Crippen LogP contribution in [-0.4, -0.2) is 24.3 Å². The van der Waals surface area contributed by atoms with Crippen molar-refractivity contribution in [2.75, 3.05) is 18.2 Å². The van der Waals surface area contributed by atoms with Crippen molar-refractivity contribution in [1.29, 1.82) is 0 Å². The average molecular weight is 301 g/mol. The molecule has 0 radical (unpaired) electrons. The van der Waals surface area contributed by atoms with Crippen molar-refractivity contribution in [3.63, 3.8) is 0 Å². The normalized spacial score (nSPS) is 11.5. The topological polar surface area (TPSA) is 61.8 Å². The minimum absolute atomic E-state index is 0.120. The second-order valence-electron chi connectivity index (χ2n) is 4.74. The van der Waals surface area contributed by atoms with E-state index in [0.29, 0.717) is 0 Å². The summed E-state index contributed by atoms with van der Waals surface area (Å²) in [6, 6.07) is 14.1. The van der Waals surface area contributed by atoms with Crippen LogP contribution in [0.25, 0.3) is 0 Å². The maximum absolute atomic E-state index is 9.06. The molecular weight excluding hydrogens is 282 g/mol. The van der Waals surface area contributed by atoms with Gasteiger partial charge in [0.2, 0.25) is 0 Å². The van der Waals surface area contributed by atoms with Crippen LogP contribution in [0.15, 0.2) is 52.5 Å². The maximum atomic E-state index is 9.06. The van der Waals surface area contributed by atoms with E-state index in [-0.39, 0.29) is 5.84 Å². The van der Waals surface area contributed by atoms with Gasteiger partial charge in [0.25, 0.3) is 0 Å². The highest BCUT2D eigenvalue weighted by Gasteiger charge is 2.16. The number of thioether (sulfide) groups is 1. The molecule has 0 aliphatic rings. The zero-order valence-electron chi connectivity index (χ0n) is 12.4. The van der Waals surface area contributed by atoms with E-state index in [1.165, 1.54) is 5.56 Å². The molecule has 0 fully saturated rings. The average Bonchev–Trinajstić information content (AvgIpc) is 2.52. The molecule has 0 amide bonds. The lowest BCUT2D eigenvalue weighted by Gasteiger charge is -2.24. The molecule has 0 unspecified atom stereocenters. The number of hydrogen-bond acceptors (Lipinski definition) is 4. The van der Waals surface area contributed by atoms with Crippen LogP contribution in [0, 0.1) is 6.92 Å². The molecule has 0 bridgehead atoms. The molecule has 0 saturated carbocycles. The van der Waals surface area contributed by atoms with E-state index in [1.54, 1.807) is 11.8 Å². The third-order valence-electron chi connectivity index (χ3n) is 3.34. The highest BCUT2D eigenvalue weighted by Crippen LogP contribution is 2.33. The number of aryl methyl sites for hydroxylation is 1. The Kier molecular flexibility index (Phi) is 4.75. The van der Waals surface area contributed by atoms with Crippen LogP contribution >= 0.6 is 11.8 Å². The van der Waals surface area contributed by atoms with E-state index in [2.05, 4.69) is 24.2 Å². The van der Waals surface area contributed by atoms with Crippen molar-refractivity contribution in [3.05, 3.63) is 53.6 Å². The minimum Gasteiger partial charge on any atom is -0.409 e. The van der Waals surface area contributed by atoms with Gasteiger partial charge in [-0.3, -0.25) is 0 Å². The van der Waals surface area contributed by atoms with E-state index in [1.807, 2.05) is 48.5 Å². The van der Waals surface area contributed by atoms with E-state index in [4.69, 9.17) is 10.9 Å². The lowest BCUT2D eigenvalue weighted by Crippen LogP contribution is -2.20. The Balaban J connectivity index is 2.58. The first kappa shape index (κ1) is 15.3. The van der Waals surface area contributed by atoms with Gasteiger partial charge in [-0.05, 0) is 43.0 Å². The number of anilines is 2. The number of benzene rings is 2. The molecule has 0 aliphatic heterocycles. The summed E-state index contributed by atoms with van der Waals surface area (Å²) in [6.07, 6.45) is 1.97. The van der Waals surface area contributed by atoms with Crippen LogP contribution in [0.3, 0.4) is 0 Å². The molecule has 0 heterocycles. The summed E-state index contributed by atoms with van der Waals surface area (Å²) in [5.74, 6) is 0.120. The van der Waals surface area contributed by atoms with Gasteiger partial charge in [0.15, 0.2) is 5.84 Å². The predicted octanol–water partition coefficient (Wildman–Crippen LogP) is 3.58. The molecule has 2 aromatic carbocycles. The molecule has 0 aliphatic carbocycles. The maximum Gasteiger partial charge on any atom is 0.173 e. The molecule has 2 rings (SSSR count). The van der Waals surface area contributed by atoms with E-state index >= 15 is 0 Å². The van der Waals surface area contributed by atoms with Crippen LogP contribution in [-0.2, 0) is 0 Å². The molecule has 4 nitrogen and oxygen atoms in total. The van der Waals surface area contributed by atoms with Gasteiger partial charge in [0.1, 0.15) is 0 Å². The van der Waals surface area contributed by atoms with Gasteiger partial charge >= 0.3 is 0 Å². The number of oxime groups is 1. The third-order valence-corrected chi connectivity index (χ3v) is 4.12. The zero-order valence-corrected chi connectivity index (χ0v) is 13.2. The van der Waals surface area contributed by atoms with Crippen molar-refractivity contribution in [3.8, 4) is 0 Å². The number of hydrogen-bond donors (Lipinski definition) is 2. The van der Waals surface area contributed by atoms with E-state index in [9.17, 15) is 0 Å².